The molecule has 1 heterocycles. The summed E-state index contributed by atoms with van der Waals surface area (Å²) in [6.07, 6.45) is 1.65. The molecule has 2 atom stereocenters. The number of hydrogen-bond donors (Lipinski definition) is 2. The molecule has 0 bridgehead atoms. The summed E-state index contributed by atoms with van der Waals surface area (Å²) >= 11 is 6.04. The lowest BCUT2D eigenvalue weighted by Gasteiger charge is -2.24. The number of nitrogens with one attached hydrogen (secondary N) is 1. The summed E-state index contributed by atoms with van der Waals surface area (Å²) in [7, 11) is 0. The van der Waals surface area contributed by atoms with Crippen LogP contribution in [0.2, 0.25) is 5.02 Å². The average molecular weight is 314 g/mol. The van der Waals surface area contributed by atoms with Crippen molar-refractivity contribution in [3.63, 3.8) is 0 Å². The molecule has 5 heteroatoms. The maximum absolute atomic E-state index is 9.89. The van der Waals surface area contributed by atoms with Crippen molar-refractivity contribution in [2.24, 2.45) is 0 Å². The molecule has 0 amide bonds. The van der Waals surface area contributed by atoms with E-state index >= 15 is 0 Å². The molecular formula is C16H24ClNO3. The third kappa shape index (κ3) is 5.57. The van der Waals surface area contributed by atoms with Crippen molar-refractivity contribution in [1.82, 2.24) is 5.32 Å². The quantitative estimate of drug-likeness (QED) is 0.773. The van der Waals surface area contributed by atoms with Crippen LogP contribution in [0, 0.1) is 0 Å². The van der Waals surface area contributed by atoms with E-state index in [2.05, 4.69) is 12.2 Å². The summed E-state index contributed by atoms with van der Waals surface area (Å²) in [5.74, 6) is 0. The molecule has 0 aliphatic carbocycles. The molecule has 1 aliphatic heterocycles. The number of aliphatic hydroxyl groups excluding tert-OH is 1. The Balaban J connectivity index is 1.59. The zero-order valence-corrected chi connectivity index (χ0v) is 13.2. The molecule has 2 rings (SSSR count). The number of ether oxygens (including phenoxy) is 2. The van der Waals surface area contributed by atoms with Gasteiger partial charge in [0.05, 0.1) is 24.9 Å². The highest BCUT2D eigenvalue weighted by molar-refractivity contribution is 6.31. The van der Waals surface area contributed by atoms with Crippen LogP contribution in [0.15, 0.2) is 24.3 Å². The van der Waals surface area contributed by atoms with E-state index in [-0.39, 0.29) is 12.2 Å². The summed E-state index contributed by atoms with van der Waals surface area (Å²) in [6.45, 7) is 4.90. The highest BCUT2D eigenvalue weighted by Crippen LogP contribution is 2.23. The number of hydrogen-bond acceptors (Lipinski definition) is 4. The maximum atomic E-state index is 9.89. The lowest BCUT2D eigenvalue weighted by atomic mass is 10.0. The van der Waals surface area contributed by atoms with Gasteiger partial charge in [-0.2, -0.15) is 0 Å². The number of benzene rings is 1. The van der Waals surface area contributed by atoms with Crippen molar-refractivity contribution >= 4 is 11.6 Å². The van der Waals surface area contributed by atoms with Gasteiger partial charge in [-0.1, -0.05) is 29.8 Å². The summed E-state index contributed by atoms with van der Waals surface area (Å²) in [5, 5.41) is 13.8. The Morgan fingerprint density at radius 2 is 2.29 bits per heavy atom. The second-order valence-electron chi connectivity index (χ2n) is 5.79. The minimum Gasteiger partial charge on any atom is -0.389 e. The molecule has 0 spiro atoms. The van der Waals surface area contributed by atoms with Gasteiger partial charge >= 0.3 is 0 Å². The van der Waals surface area contributed by atoms with Crippen LogP contribution in [-0.2, 0) is 16.1 Å². The van der Waals surface area contributed by atoms with Gasteiger partial charge in [0.2, 0.25) is 0 Å². The van der Waals surface area contributed by atoms with E-state index in [0.29, 0.717) is 18.2 Å². The lowest BCUT2D eigenvalue weighted by molar-refractivity contribution is 0.00814. The average Bonchev–Trinajstić information content (AvgIpc) is 2.88. The fourth-order valence-corrected chi connectivity index (χ4v) is 2.65. The largest absolute Gasteiger partial charge is 0.389 e. The Kier molecular flexibility index (Phi) is 6.45. The lowest BCUT2D eigenvalue weighted by Crippen LogP contribution is -2.41. The monoisotopic (exact) mass is 313 g/mol. The first kappa shape index (κ1) is 16.7. The fraction of sp³-hybridized carbons (Fsp3) is 0.625. The molecule has 1 fully saturated rings. The zero-order chi connectivity index (χ0) is 15.1. The maximum Gasteiger partial charge on any atom is 0.0897 e. The van der Waals surface area contributed by atoms with Crippen molar-refractivity contribution in [1.29, 1.82) is 0 Å². The van der Waals surface area contributed by atoms with Gasteiger partial charge < -0.3 is 19.9 Å². The zero-order valence-electron chi connectivity index (χ0n) is 12.5. The van der Waals surface area contributed by atoms with E-state index in [1.54, 1.807) is 0 Å². The molecule has 2 unspecified atom stereocenters. The molecule has 118 valence electrons. The van der Waals surface area contributed by atoms with Crippen LogP contribution < -0.4 is 5.32 Å². The van der Waals surface area contributed by atoms with Gasteiger partial charge in [0.15, 0.2) is 0 Å². The van der Waals surface area contributed by atoms with Crippen LogP contribution in [0.3, 0.4) is 0 Å². The molecule has 1 saturated heterocycles. The SMILES string of the molecule is CC1(CNCC(O)COCc2ccccc2Cl)CCCO1. The highest BCUT2D eigenvalue weighted by Gasteiger charge is 2.29. The summed E-state index contributed by atoms with van der Waals surface area (Å²) < 4.78 is 11.2. The third-order valence-electron chi connectivity index (χ3n) is 3.71. The Bertz CT molecular complexity index is 435. The molecule has 1 aromatic carbocycles. The fourth-order valence-electron chi connectivity index (χ4n) is 2.46. The van der Waals surface area contributed by atoms with E-state index in [1.807, 2.05) is 24.3 Å². The molecule has 0 radical (unpaired) electrons. The van der Waals surface area contributed by atoms with Crippen LogP contribution >= 0.6 is 11.6 Å². The molecular weight excluding hydrogens is 290 g/mol. The molecule has 0 saturated carbocycles. The third-order valence-corrected chi connectivity index (χ3v) is 4.07. The summed E-state index contributed by atoms with van der Waals surface area (Å²) in [6, 6.07) is 7.56. The normalized spacial score (nSPS) is 23.4. The standard InChI is InChI=1S/C16H24ClNO3/c1-16(7-4-8-21-16)12-18-9-14(19)11-20-10-13-5-2-3-6-15(13)17/h2-3,5-6,14,18-19H,4,7-12H2,1H3. The smallest absolute Gasteiger partial charge is 0.0897 e. The molecule has 1 aliphatic rings. The van der Waals surface area contributed by atoms with Crippen LogP contribution in [0.1, 0.15) is 25.3 Å². The predicted octanol–water partition coefficient (Wildman–Crippen LogP) is 2.38. The van der Waals surface area contributed by atoms with Gasteiger partial charge in [-0.3, -0.25) is 0 Å². The summed E-state index contributed by atoms with van der Waals surface area (Å²) in [5.41, 5.74) is 0.851. The molecule has 0 aromatic heterocycles. The van der Waals surface area contributed by atoms with Gasteiger partial charge in [0, 0.05) is 24.7 Å². The van der Waals surface area contributed by atoms with Crippen molar-refractivity contribution in [2.45, 2.75) is 38.1 Å². The molecule has 21 heavy (non-hydrogen) atoms. The minimum atomic E-state index is -0.530. The molecule has 4 nitrogen and oxygen atoms in total. The van der Waals surface area contributed by atoms with Crippen LogP contribution in [0.4, 0.5) is 0 Å². The second-order valence-corrected chi connectivity index (χ2v) is 6.20. The van der Waals surface area contributed by atoms with Gasteiger partial charge in [-0.05, 0) is 31.4 Å². The Hall–Kier alpha value is -0.650. The van der Waals surface area contributed by atoms with Gasteiger partial charge in [-0.25, -0.2) is 0 Å². The van der Waals surface area contributed by atoms with E-state index in [1.165, 1.54) is 0 Å². The van der Waals surface area contributed by atoms with E-state index in [9.17, 15) is 5.11 Å². The molecule has 2 N–H and O–H groups in total. The van der Waals surface area contributed by atoms with Gasteiger partial charge in [-0.15, -0.1) is 0 Å². The summed E-state index contributed by atoms with van der Waals surface area (Å²) in [4.78, 5) is 0. The molecule has 1 aromatic rings. The number of rotatable bonds is 8. The highest BCUT2D eigenvalue weighted by atomic mass is 35.5. The Morgan fingerprint density at radius 1 is 1.48 bits per heavy atom. The first-order valence-electron chi connectivity index (χ1n) is 7.43. The van der Waals surface area contributed by atoms with Gasteiger partial charge in [0.1, 0.15) is 0 Å². The first-order chi connectivity index (χ1) is 10.1. The van der Waals surface area contributed by atoms with Crippen molar-refractivity contribution in [2.75, 3.05) is 26.3 Å². The van der Waals surface area contributed by atoms with E-state index in [0.717, 1.165) is 31.6 Å². The predicted molar refractivity (Wildman–Crippen MR) is 83.6 cm³/mol. The topological polar surface area (TPSA) is 50.7 Å². The second kappa shape index (κ2) is 8.11. The minimum absolute atomic E-state index is 0.0852. The number of aliphatic hydroxyl groups is 1. The Labute approximate surface area is 131 Å². The van der Waals surface area contributed by atoms with Crippen LogP contribution in [0.25, 0.3) is 0 Å². The van der Waals surface area contributed by atoms with Crippen molar-refractivity contribution in [3.8, 4) is 0 Å². The van der Waals surface area contributed by atoms with Crippen molar-refractivity contribution < 1.29 is 14.6 Å². The van der Waals surface area contributed by atoms with Gasteiger partial charge in [0.25, 0.3) is 0 Å². The van der Waals surface area contributed by atoms with E-state index < -0.39 is 6.10 Å². The Morgan fingerprint density at radius 3 is 3.00 bits per heavy atom. The number of halogens is 1. The van der Waals surface area contributed by atoms with E-state index in [4.69, 9.17) is 21.1 Å². The first-order valence-corrected chi connectivity index (χ1v) is 7.81. The van der Waals surface area contributed by atoms with Crippen molar-refractivity contribution in [3.05, 3.63) is 34.9 Å². The van der Waals surface area contributed by atoms with Crippen LogP contribution in [-0.4, -0.2) is 43.1 Å². The van der Waals surface area contributed by atoms with Crippen LogP contribution in [0.5, 0.6) is 0 Å².